The number of likely N-dealkylation sites (tertiary alicyclic amines) is 1. The van der Waals surface area contributed by atoms with Gasteiger partial charge in [0.1, 0.15) is 5.75 Å². The Morgan fingerprint density at radius 1 is 1.27 bits per heavy atom. The second kappa shape index (κ2) is 11.4. The molecule has 0 atom stereocenters. The highest BCUT2D eigenvalue weighted by Crippen LogP contribution is 2.31. The number of hydrogen-bond acceptors (Lipinski definition) is 6. The number of nitrogens with zero attached hydrogens (tertiary/aromatic N) is 3. The molecule has 1 aliphatic rings. The van der Waals surface area contributed by atoms with Crippen LogP contribution in [0.25, 0.3) is 16.6 Å². The number of aliphatic imine (C=N–C) groups is 1. The Morgan fingerprint density at radius 3 is 2.62 bits per heavy atom. The van der Waals surface area contributed by atoms with Gasteiger partial charge in [0.2, 0.25) is 5.90 Å². The van der Waals surface area contributed by atoms with Crippen LogP contribution in [-0.2, 0) is 23.2 Å². The van der Waals surface area contributed by atoms with Crippen LogP contribution in [0.1, 0.15) is 43.4 Å². The molecule has 1 aliphatic heterocycles. The van der Waals surface area contributed by atoms with E-state index in [0.29, 0.717) is 34.9 Å². The third kappa shape index (κ3) is 5.98. The fraction of sp³-hybridized carbons (Fsp3) is 0.357. The molecule has 0 bridgehead atoms. The number of nitrogens with two attached hydrogens (primary N) is 1. The van der Waals surface area contributed by atoms with Crippen LogP contribution in [0.3, 0.4) is 0 Å². The highest BCUT2D eigenvalue weighted by Gasteiger charge is 2.25. The van der Waals surface area contributed by atoms with Crippen LogP contribution < -0.4 is 10.6 Å². The number of ether oxygens (including phenoxy) is 1. The summed E-state index contributed by atoms with van der Waals surface area (Å²) in [4.78, 5) is 23.3. The smallest absolute Gasteiger partial charge is 0.306 e. The van der Waals surface area contributed by atoms with Crippen molar-refractivity contribution in [3.8, 4) is 5.75 Å². The van der Waals surface area contributed by atoms with Gasteiger partial charge in [-0.1, -0.05) is 36.4 Å². The number of carboxylic acid groups (broad SMARTS) is 1. The number of benzene rings is 2. The zero-order chi connectivity index (χ0) is 26.7. The summed E-state index contributed by atoms with van der Waals surface area (Å²) in [5.41, 5.74) is 4.14. The molecule has 1 saturated heterocycles. The van der Waals surface area contributed by atoms with Crippen molar-refractivity contribution in [1.29, 1.82) is 0 Å². The molecule has 3 aromatic rings. The second-order valence-electron chi connectivity index (χ2n) is 9.65. The molecule has 2 heterocycles. The molecule has 1 aromatic heterocycles. The molecule has 0 spiro atoms. The zero-order valence-electron chi connectivity index (χ0n) is 21.4. The van der Waals surface area contributed by atoms with E-state index in [-0.39, 0.29) is 17.9 Å². The first-order chi connectivity index (χ1) is 17.7. The van der Waals surface area contributed by atoms with Gasteiger partial charge in [-0.2, -0.15) is 5.90 Å². The standard InChI is InChI=1S/C28H33ClN4O4/c1-17(2)36-25-9-8-20(14-24(25)29)27(37-30)31-18(3)22-6-5-7-23-21(15-32(4)26(22)23)16-33-12-10-19(11-13-33)28(34)35/h5-9,14-15,17,19H,3,10-13,16,30H2,1-2,4H3,(H,34,35)/b31-27-. The Hall–Kier alpha value is -3.33. The Labute approximate surface area is 221 Å². The number of aromatic nitrogens is 1. The minimum atomic E-state index is -0.698. The largest absolute Gasteiger partial charge is 0.489 e. The van der Waals surface area contributed by atoms with Gasteiger partial charge < -0.3 is 19.2 Å². The first-order valence-electron chi connectivity index (χ1n) is 12.3. The first-order valence-corrected chi connectivity index (χ1v) is 12.7. The van der Waals surface area contributed by atoms with Crippen LogP contribution >= 0.6 is 11.6 Å². The van der Waals surface area contributed by atoms with Gasteiger partial charge in [-0.25, -0.2) is 4.99 Å². The molecule has 4 rings (SSSR count). The molecule has 1 fully saturated rings. The number of piperidine rings is 1. The van der Waals surface area contributed by atoms with Gasteiger partial charge >= 0.3 is 5.97 Å². The maximum absolute atomic E-state index is 11.3. The molecular formula is C28H33ClN4O4. The van der Waals surface area contributed by atoms with Gasteiger partial charge in [0.05, 0.1) is 28.3 Å². The highest BCUT2D eigenvalue weighted by molar-refractivity contribution is 6.32. The van der Waals surface area contributed by atoms with Gasteiger partial charge in [-0.15, -0.1) is 0 Å². The minimum Gasteiger partial charge on any atom is -0.489 e. The monoisotopic (exact) mass is 524 g/mol. The first kappa shape index (κ1) is 26.7. The van der Waals surface area contributed by atoms with Crippen LogP contribution in [0, 0.1) is 5.92 Å². The second-order valence-corrected chi connectivity index (χ2v) is 10.1. The fourth-order valence-electron chi connectivity index (χ4n) is 4.81. The van der Waals surface area contributed by atoms with Gasteiger partial charge in [0.15, 0.2) is 0 Å². The third-order valence-electron chi connectivity index (χ3n) is 6.62. The lowest BCUT2D eigenvalue weighted by Gasteiger charge is -2.29. The molecule has 0 amide bonds. The van der Waals surface area contributed by atoms with E-state index < -0.39 is 5.97 Å². The number of para-hydroxylation sites is 1. The molecule has 0 saturated carbocycles. The van der Waals surface area contributed by atoms with Crippen molar-refractivity contribution in [2.75, 3.05) is 13.1 Å². The average Bonchev–Trinajstić information content (AvgIpc) is 3.19. The average molecular weight is 525 g/mol. The summed E-state index contributed by atoms with van der Waals surface area (Å²) in [6.07, 6.45) is 3.46. The summed E-state index contributed by atoms with van der Waals surface area (Å²) in [5.74, 6) is 5.41. The number of carboxylic acids is 1. The quantitative estimate of drug-likeness (QED) is 0.238. The zero-order valence-corrected chi connectivity index (χ0v) is 22.2. The molecule has 0 unspecified atom stereocenters. The maximum Gasteiger partial charge on any atom is 0.306 e. The van der Waals surface area contributed by atoms with Crippen LogP contribution in [0.4, 0.5) is 0 Å². The molecule has 8 nitrogen and oxygen atoms in total. The summed E-state index contributed by atoms with van der Waals surface area (Å²) in [6, 6.07) is 11.3. The molecule has 196 valence electrons. The highest BCUT2D eigenvalue weighted by atomic mass is 35.5. The summed E-state index contributed by atoms with van der Waals surface area (Å²) in [5, 5.41) is 10.8. The number of fused-ring (bicyclic) bond motifs is 1. The number of aliphatic carboxylic acids is 1. The van der Waals surface area contributed by atoms with E-state index in [1.807, 2.05) is 33.0 Å². The van der Waals surface area contributed by atoms with Crippen molar-refractivity contribution >= 4 is 40.1 Å². The Bertz CT molecular complexity index is 1340. The minimum absolute atomic E-state index is 0.00531. The van der Waals surface area contributed by atoms with Crippen LogP contribution in [0.15, 0.2) is 54.2 Å². The van der Waals surface area contributed by atoms with Crippen molar-refractivity contribution < 1.29 is 19.5 Å². The van der Waals surface area contributed by atoms with Crippen LogP contribution in [-0.4, -0.2) is 45.6 Å². The third-order valence-corrected chi connectivity index (χ3v) is 6.91. The molecule has 0 aliphatic carbocycles. The molecule has 9 heteroatoms. The van der Waals surface area contributed by atoms with E-state index in [1.54, 1.807) is 18.2 Å². The summed E-state index contributed by atoms with van der Waals surface area (Å²) in [7, 11) is 2.00. The van der Waals surface area contributed by atoms with E-state index in [9.17, 15) is 9.90 Å². The van der Waals surface area contributed by atoms with Gasteiger partial charge in [0.25, 0.3) is 0 Å². The van der Waals surface area contributed by atoms with Crippen molar-refractivity contribution in [2.24, 2.45) is 23.9 Å². The lowest BCUT2D eigenvalue weighted by atomic mass is 9.96. The molecule has 3 N–H and O–H groups in total. The van der Waals surface area contributed by atoms with E-state index >= 15 is 0 Å². The summed E-state index contributed by atoms with van der Waals surface area (Å²) < 4.78 is 7.78. The molecule has 0 radical (unpaired) electrons. The number of hydrogen-bond donors (Lipinski definition) is 2. The van der Waals surface area contributed by atoms with Crippen LogP contribution in [0.2, 0.25) is 5.02 Å². The van der Waals surface area contributed by atoms with E-state index in [1.165, 1.54) is 5.56 Å². The van der Waals surface area contributed by atoms with Crippen molar-refractivity contribution in [1.82, 2.24) is 9.47 Å². The van der Waals surface area contributed by atoms with Crippen molar-refractivity contribution in [3.63, 3.8) is 0 Å². The Kier molecular flexibility index (Phi) is 8.22. The number of halogens is 1. The van der Waals surface area contributed by atoms with Gasteiger partial charge in [-0.3, -0.25) is 9.69 Å². The maximum atomic E-state index is 11.3. The number of aryl methyl sites for hydroxylation is 1. The van der Waals surface area contributed by atoms with E-state index in [2.05, 4.69) is 33.3 Å². The lowest BCUT2D eigenvalue weighted by molar-refractivity contribution is -0.143. The fourth-order valence-corrected chi connectivity index (χ4v) is 5.04. The summed E-state index contributed by atoms with van der Waals surface area (Å²) in [6.45, 7) is 10.4. The topological polar surface area (TPSA) is 102 Å². The van der Waals surface area contributed by atoms with E-state index in [4.69, 9.17) is 27.1 Å². The lowest BCUT2D eigenvalue weighted by Crippen LogP contribution is -2.35. The predicted molar refractivity (Wildman–Crippen MR) is 147 cm³/mol. The SMILES string of the molecule is C=C(/N=C(\ON)c1ccc(OC(C)C)c(Cl)c1)c1cccc2c(CN3CCC(C(=O)O)CC3)cn(C)c12. The van der Waals surface area contributed by atoms with Crippen LogP contribution in [0.5, 0.6) is 5.75 Å². The normalized spacial score (nSPS) is 15.4. The van der Waals surface area contributed by atoms with Gasteiger partial charge in [0, 0.05) is 36.3 Å². The predicted octanol–water partition coefficient (Wildman–Crippen LogP) is 5.22. The Balaban J connectivity index is 1.59. The molecule has 37 heavy (non-hydrogen) atoms. The van der Waals surface area contributed by atoms with E-state index in [0.717, 1.165) is 36.1 Å². The summed E-state index contributed by atoms with van der Waals surface area (Å²) >= 11 is 6.40. The molecular weight excluding hydrogens is 492 g/mol. The van der Waals surface area contributed by atoms with Crippen molar-refractivity contribution in [2.45, 2.75) is 39.3 Å². The number of carbonyl (C=O) groups is 1. The Morgan fingerprint density at radius 2 is 2.00 bits per heavy atom. The van der Waals surface area contributed by atoms with Crippen molar-refractivity contribution in [3.05, 3.63) is 70.9 Å². The molecule has 2 aromatic carbocycles. The number of rotatable bonds is 8. The van der Waals surface area contributed by atoms with Gasteiger partial charge in [-0.05, 0) is 63.5 Å².